The Morgan fingerprint density at radius 1 is 1.60 bits per heavy atom. The number of aliphatic hydroxyl groups excluding tert-OH is 1. The third-order valence-corrected chi connectivity index (χ3v) is 1.30. The van der Waals surface area contributed by atoms with Gasteiger partial charge in [-0.1, -0.05) is 0 Å². The van der Waals surface area contributed by atoms with Gasteiger partial charge in [0.15, 0.2) is 0 Å². The Hall–Kier alpha value is -0.120. The van der Waals surface area contributed by atoms with Crippen LogP contribution < -0.4 is 5.73 Å². The highest BCUT2D eigenvalue weighted by molar-refractivity contribution is 4.59. The number of hydrogen-bond acceptors (Lipinski definition) is 3. The first kappa shape index (κ1) is 9.88. The molecule has 0 aromatic heterocycles. The Bertz CT molecular complexity index is 76.0. The van der Waals surface area contributed by atoms with Crippen LogP contribution in [0.4, 0.5) is 0 Å². The van der Waals surface area contributed by atoms with Gasteiger partial charge < -0.3 is 15.7 Å². The zero-order valence-corrected chi connectivity index (χ0v) is 6.88. The molecule has 3 nitrogen and oxygen atoms in total. The van der Waals surface area contributed by atoms with E-state index in [0.29, 0.717) is 0 Å². The molecule has 0 saturated heterocycles. The lowest BCUT2D eigenvalue weighted by atomic mass is 10.3. The van der Waals surface area contributed by atoms with Crippen LogP contribution in [-0.4, -0.2) is 42.8 Å². The molecule has 3 N–H and O–H groups in total. The molecule has 0 amide bonds. The topological polar surface area (TPSA) is 49.5 Å². The second-order valence-corrected chi connectivity index (χ2v) is 2.82. The zero-order valence-electron chi connectivity index (χ0n) is 6.88. The molecule has 0 fully saturated rings. The van der Waals surface area contributed by atoms with Crippen LogP contribution in [0.3, 0.4) is 0 Å². The van der Waals surface area contributed by atoms with Gasteiger partial charge in [0.05, 0.1) is 0 Å². The minimum Gasteiger partial charge on any atom is -0.396 e. The van der Waals surface area contributed by atoms with E-state index >= 15 is 0 Å². The van der Waals surface area contributed by atoms with E-state index in [2.05, 4.69) is 4.90 Å². The molecule has 0 heterocycles. The second-order valence-electron chi connectivity index (χ2n) is 2.82. The highest BCUT2D eigenvalue weighted by atomic mass is 16.3. The van der Waals surface area contributed by atoms with Crippen molar-refractivity contribution in [2.24, 2.45) is 5.73 Å². The lowest BCUT2D eigenvalue weighted by molar-refractivity contribution is 0.243. The van der Waals surface area contributed by atoms with Crippen LogP contribution >= 0.6 is 0 Å². The Morgan fingerprint density at radius 3 is 2.60 bits per heavy atom. The standard InChI is InChI=1S/C7H18N2O/c1-7(8)6-9(2)4-3-5-10/h7,10H,3-6,8H2,1-2H3. The number of nitrogens with zero attached hydrogens (tertiary/aromatic N) is 1. The van der Waals surface area contributed by atoms with E-state index in [1.165, 1.54) is 0 Å². The summed E-state index contributed by atoms with van der Waals surface area (Å²) < 4.78 is 0. The minimum absolute atomic E-state index is 0.226. The van der Waals surface area contributed by atoms with E-state index in [1.807, 2.05) is 14.0 Å². The normalized spacial score (nSPS) is 14.1. The van der Waals surface area contributed by atoms with Crippen LogP contribution in [0.5, 0.6) is 0 Å². The summed E-state index contributed by atoms with van der Waals surface area (Å²) in [6, 6.07) is 0.226. The fourth-order valence-electron chi connectivity index (χ4n) is 0.924. The Kier molecular flexibility index (Phi) is 5.58. The van der Waals surface area contributed by atoms with E-state index in [4.69, 9.17) is 10.8 Å². The molecule has 1 unspecified atom stereocenters. The molecule has 0 radical (unpaired) electrons. The van der Waals surface area contributed by atoms with E-state index in [1.54, 1.807) is 0 Å². The van der Waals surface area contributed by atoms with Crippen molar-refractivity contribution in [1.29, 1.82) is 0 Å². The summed E-state index contributed by atoms with van der Waals surface area (Å²) in [5.41, 5.74) is 5.56. The maximum absolute atomic E-state index is 8.49. The van der Waals surface area contributed by atoms with Crippen molar-refractivity contribution in [2.45, 2.75) is 19.4 Å². The lowest BCUT2D eigenvalue weighted by Crippen LogP contribution is -2.33. The first-order chi connectivity index (χ1) is 4.66. The van der Waals surface area contributed by atoms with Gasteiger partial charge in [-0.05, 0) is 20.4 Å². The van der Waals surface area contributed by atoms with Gasteiger partial charge in [0.1, 0.15) is 0 Å². The molecule has 3 heteroatoms. The van der Waals surface area contributed by atoms with Gasteiger partial charge in [-0.15, -0.1) is 0 Å². The summed E-state index contributed by atoms with van der Waals surface area (Å²) >= 11 is 0. The fourth-order valence-corrected chi connectivity index (χ4v) is 0.924. The number of aliphatic hydroxyl groups is 1. The molecule has 0 rings (SSSR count). The minimum atomic E-state index is 0.226. The molecule has 0 bridgehead atoms. The third-order valence-electron chi connectivity index (χ3n) is 1.30. The van der Waals surface area contributed by atoms with Crippen molar-refractivity contribution in [3.8, 4) is 0 Å². The molecule has 1 atom stereocenters. The third kappa shape index (κ3) is 6.01. The van der Waals surface area contributed by atoms with Crippen molar-refractivity contribution in [3.05, 3.63) is 0 Å². The molecular formula is C7H18N2O. The van der Waals surface area contributed by atoms with Gasteiger partial charge in [0, 0.05) is 25.7 Å². The van der Waals surface area contributed by atoms with Crippen LogP contribution in [0.25, 0.3) is 0 Å². The van der Waals surface area contributed by atoms with Crippen molar-refractivity contribution in [2.75, 3.05) is 26.7 Å². The van der Waals surface area contributed by atoms with Crippen molar-refractivity contribution in [3.63, 3.8) is 0 Å². The van der Waals surface area contributed by atoms with Crippen LogP contribution in [0.1, 0.15) is 13.3 Å². The summed E-state index contributed by atoms with van der Waals surface area (Å²) in [6.45, 7) is 4.08. The molecule has 10 heavy (non-hydrogen) atoms. The molecule has 0 aromatic carbocycles. The average molecular weight is 146 g/mol. The van der Waals surface area contributed by atoms with Crippen LogP contribution in [0, 0.1) is 0 Å². The summed E-state index contributed by atoms with van der Waals surface area (Å²) in [7, 11) is 2.01. The van der Waals surface area contributed by atoms with Crippen LogP contribution in [0.2, 0.25) is 0 Å². The zero-order chi connectivity index (χ0) is 7.98. The molecule has 0 saturated carbocycles. The molecular weight excluding hydrogens is 128 g/mol. The van der Waals surface area contributed by atoms with Gasteiger partial charge in [0.2, 0.25) is 0 Å². The SMILES string of the molecule is CC(N)CN(C)CCCO. The van der Waals surface area contributed by atoms with Gasteiger partial charge in [-0.3, -0.25) is 0 Å². The van der Waals surface area contributed by atoms with Gasteiger partial charge >= 0.3 is 0 Å². The average Bonchev–Trinajstić information content (AvgIpc) is 1.82. The number of hydrogen-bond donors (Lipinski definition) is 2. The number of likely N-dealkylation sites (N-methyl/N-ethyl adjacent to an activating group) is 1. The molecule has 0 aliphatic heterocycles. The maximum atomic E-state index is 8.49. The number of rotatable bonds is 5. The quantitative estimate of drug-likeness (QED) is 0.557. The van der Waals surface area contributed by atoms with Gasteiger partial charge in [0.25, 0.3) is 0 Å². The largest absolute Gasteiger partial charge is 0.396 e. The molecule has 62 valence electrons. The van der Waals surface area contributed by atoms with Gasteiger partial charge in [-0.25, -0.2) is 0 Å². The first-order valence-corrected chi connectivity index (χ1v) is 3.71. The highest BCUT2D eigenvalue weighted by Gasteiger charge is 1.99. The summed E-state index contributed by atoms with van der Waals surface area (Å²) in [5.74, 6) is 0. The summed E-state index contributed by atoms with van der Waals surface area (Å²) in [5, 5.41) is 8.49. The number of nitrogens with two attached hydrogens (primary N) is 1. The van der Waals surface area contributed by atoms with Crippen molar-refractivity contribution < 1.29 is 5.11 Å². The van der Waals surface area contributed by atoms with E-state index in [-0.39, 0.29) is 12.6 Å². The highest BCUT2D eigenvalue weighted by Crippen LogP contribution is 1.87. The Morgan fingerprint density at radius 2 is 2.20 bits per heavy atom. The lowest BCUT2D eigenvalue weighted by Gasteiger charge is -2.17. The van der Waals surface area contributed by atoms with Crippen molar-refractivity contribution >= 4 is 0 Å². The Balaban J connectivity index is 3.16. The van der Waals surface area contributed by atoms with E-state index in [0.717, 1.165) is 19.5 Å². The van der Waals surface area contributed by atoms with Crippen LogP contribution in [-0.2, 0) is 0 Å². The first-order valence-electron chi connectivity index (χ1n) is 3.71. The molecule has 0 aliphatic rings. The molecule has 0 aliphatic carbocycles. The predicted octanol–water partition coefficient (Wildman–Crippen LogP) is -0.352. The summed E-state index contributed by atoms with van der Waals surface area (Å²) in [4.78, 5) is 2.13. The Labute approximate surface area is 62.8 Å². The maximum Gasteiger partial charge on any atom is 0.0443 e. The smallest absolute Gasteiger partial charge is 0.0443 e. The fraction of sp³-hybridized carbons (Fsp3) is 1.00. The predicted molar refractivity (Wildman–Crippen MR) is 42.8 cm³/mol. The molecule has 0 spiro atoms. The van der Waals surface area contributed by atoms with Crippen LogP contribution in [0.15, 0.2) is 0 Å². The second kappa shape index (κ2) is 5.65. The van der Waals surface area contributed by atoms with E-state index < -0.39 is 0 Å². The monoisotopic (exact) mass is 146 g/mol. The van der Waals surface area contributed by atoms with Crippen molar-refractivity contribution in [1.82, 2.24) is 4.90 Å². The summed E-state index contributed by atoms with van der Waals surface area (Å²) in [6.07, 6.45) is 0.837. The van der Waals surface area contributed by atoms with Gasteiger partial charge in [-0.2, -0.15) is 0 Å². The molecule has 0 aromatic rings. The van der Waals surface area contributed by atoms with E-state index in [9.17, 15) is 0 Å².